The van der Waals surface area contributed by atoms with Gasteiger partial charge in [-0.05, 0) is 24.9 Å². The molecule has 0 aliphatic heterocycles. The summed E-state index contributed by atoms with van der Waals surface area (Å²) in [6.07, 6.45) is 1.29. The maximum Gasteiger partial charge on any atom is 0.0792 e. The summed E-state index contributed by atoms with van der Waals surface area (Å²) >= 11 is 0. The highest BCUT2D eigenvalue weighted by Crippen LogP contribution is 2.24. The van der Waals surface area contributed by atoms with E-state index in [2.05, 4.69) is 50.4 Å². The molecule has 0 heterocycles. The Morgan fingerprint density at radius 2 is 1.82 bits per heavy atom. The van der Waals surface area contributed by atoms with Crippen molar-refractivity contribution in [1.82, 2.24) is 5.32 Å². The summed E-state index contributed by atoms with van der Waals surface area (Å²) in [7, 11) is 2.00. The van der Waals surface area contributed by atoms with Crippen molar-refractivity contribution in [3.05, 3.63) is 35.9 Å². The zero-order chi connectivity index (χ0) is 12.7. The van der Waals surface area contributed by atoms with Crippen molar-refractivity contribution in [1.29, 1.82) is 0 Å². The minimum atomic E-state index is 0.224. The highest BCUT2D eigenvalue weighted by atomic mass is 16.5. The Bertz CT molecular complexity index is 297. The topological polar surface area (TPSA) is 21.3 Å². The van der Waals surface area contributed by atoms with Crippen molar-refractivity contribution in [3.63, 3.8) is 0 Å². The molecule has 2 nitrogen and oxygen atoms in total. The number of hydrogen-bond acceptors (Lipinski definition) is 2. The molecular weight excluding hydrogens is 210 g/mol. The van der Waals surface area contributed by atoms with Crippen LogP contribution < -0.4 is 5.32 Å². The third kappa shape index (κ3) is 4.14. The number of rotatable bonds is 7. The molecule has 0 fully saturated rings. The van der Waals surface area contributed by atoms with Gasteiger partial charge in [0.05, 0.1) is 12.1 Å². The van der Waals surface area contributed by atoms with Crippen LogP contribution in [0.1, 0.15) is 38.8 Å². The minimum Gasteiger partial charge on any atom is -0.376 e. The van der Waals surface area contributed by atoms with Crippen molar-refractivity contribution < 1.29 is 4.74 Å². The Morgan fingerprint density at radius 1 is 1.18 bits per heavy atom. The predicted octanol–water partition coefficient (Wildman–Crippen LogP) is 3.40. The van der Waals surface area contributed by atoms with E-state index in [1.54, 1.807) is 0 Å². The van der Waals surface area contributed by atoms with Crippen molar-refractivity contribution >= 4 is 0 Å². The van der Waals surface area contributed by atoms with Gasteiger partial charge in [0.15, 0.2) is 0 Å². The van der Waals surface area contributed by atoms with Gasteiger partial charge < -0.3 is 10.1 Å². The van der Waals surface area contributed by atoms with E-state index in [4.69, 9.17) is 4.74 Å². The van der Waals surface area contributed by atoms with E-state index in [9.17, 15) is 0 Å². The molecule has 1 rings (SSSR count). The van der Waals surface area contributed by atoms with Crippen LogP contribution in [0.25, 0.3) is 0 Å². The third-order valence-electron chi connectivity index (χ3n) is 2.97. The Kier molecular flexibility index (Phi) is 6.23. The van der Waals surface area contributed by atoms with Crippen LogP contribution in [0.2, 0.25) is 0 Å². The molecule has 0 spiro atoms. The van der Waals surface area contributed by atoms with Crippen LogP contribution in [0, 0.1) is 5.92 Å². The molecule has 0 saturated carbocycles. The lowest BCUT2D eigenvalue weighted by Crippen LogP contribution is -2.35. The van der Waals surface area contributed by atoms with E-state index in [0.717, 1.165) is 13.0 Å². The molecule has 0 aromatic heterocycles. The predicted molar refractivity (Wildman–Crippen MR) is 73.1 cm³/mol. The molecule has 1 aromatic rings. The summed E-state index contributed by atoms with van der Waals surface area (Å²) in [5.74, 6) is 0.499. The molecule has 2 atom stereocenters. The second kappa shape index (κ2) is 7.46. The van der Waals surface area contributed by atoms with Gasteiger partial charge in [-0.2, -0.15) is 0 Å². The van der Waals surface area contributed by atoms with Crippen LogP contribution in [-0.4, -0.2) is 19.8 Å². The lowest BCUT2D eigenvalue weighted by molar-refractivity contribution is -0.00222. The van der Waals surface area contributed by atoms with Gasteiger partial charge >= 0.3 is 0 Å². The van der Waals surface area contributed by atoms with E-state index in [1.807, 2.05) is 13.1 Å². The van der Waals surface area contributed by atoms with Crippen molar-refractivity contribution in [2.24, 2.45) is 5.92 Å². The highest BCUT2D eigenvalue weighted by molar-refractivity contribution is 5.20. The van der Waals surface area contributed by atoms with Gasteiger partial charge in [-0.3, -0.25) is 0 Å². The summed E-state index contributed by atoms with van der Waals surface area (Å²) in [5.41, 5.74) is 1.30. The number of hydrogen-bond donors (Lipinski definition) is 1. The Hall–Kier alpha value is -0.860. The van der Waals surface area contributed by atoms with E-state index in [0.29, 0.717) is 5.92 Å². The van der Waals surface area contributed by atoms with Gasteiger partial charge in [0.1, 0.15) is 0 Å². The monoisotopic (exact) mass is 235 g/mol. The van der Waals surface area contributed by atoms with Gasteiger partial charge in [-0.15, -0.1) is 0 Å². The molecular formula is C15H25NO. The van der Waals surface area contributed by atoms with Crippen molar-refractivity contribution in [2.75, 3.05) is 13.7 Å². The first-order chi connectivity index (χ1) is 8.20. The molecule has 0 amide bonds. The van der Waals surface area contributed by atoms with E-state index >= 15 is 0 Å². The average Bonchev–Trinajstić information content (AvgIpc) is 2.35. The van der Waals surface area contributed by atoms with E-state index in [1.165, 1.54) is 5.56 Å². The van der Waals surface area contributed by atoms with Gasteiger partial charge in [0.25, 0.3) is 0 Å². The van der Waals surface area contributed by atoms with Crippen LogP contribution in [0.15, 0.2) is 30.3 Å². The quantitative estimate of drug-likeness (QED) is 0.782. The standard InChI is InChI=1S/C15H25NO/c1-5-11-17-15(12(2)3)14(16-4)13-9-7-6-8-10-13/h6-10,12,14-16H,5,11H2,1-4H3. The summed E-state index contributed by atoms with van der Waals surface area (Å²) in [6, 6.07) is 10.8. The Labute approximate surface area is 105 Å². The number of benzene rings is 1. The first kappa shape index (κ1) is 14.2. The third-order valence-corrected chi connectivity index (χ3v) is 2.97. The summed E-state index contributed by atoms with van der Waals surface area (Å²) < 4.78 is 6.00. The smallest absolute Gasteiger partial charge is 0.0792 e. The first-order valence-electron chi connectivity index (χ1n) is 6.54. The fourth-order valence-electron chi connectivity index (χ4n) is 2.11. The zero-order valence-electron chi connectivity index (χ0n) is 11.4. The van der Waals surface area contributed by atoms with Gasteiger partial charge in [0, 0.05) is 6.61 Å². The molecule has 0 aliphatic rings. The lowest BCUT2D eigenvalue weighted by atomic mass is 9.93. The van der Waals surface area contributed by atoms with Crippen LogP contribution in [0.4, 0.5) is 0 Å². The fourth-order valence-corrected chi connectivity index (χ4v) is 2.11. The molecule has 0 saturated heterocycles. The Balaban J connectivity index is 2.81. The number of nitrogens with one attached hydrogen (secondary N) is 1. The average molecular weight is 235 g/mol. The fraction of sp³-hybridized carbons (Fsp3) is 0.600. The van der Waals surface area contributed by atoms with Gasteiger partial charge in [-0.1, -0.05) is 51.1 Å². The van der Waals surface area contributed by atoms with Crippen LogP contribution in [0.3, 0.4) is 0 Å². The first-order valence-corrected chi connectivity index (χ1v) is 6.54. The minimum absolute atomic E-state index is 0.224. The lowest BCUT2D eigenvalue weighted by Gasteiger charge is -2.30. The number of ether oxygens (including phenoxy) is 1. The second-order valence-corrected chi connectivity index (χ2v) is 4.76. The molecule has 0 bridgehead atoms. The maximum atomic E-state index is 6.00. The molecule has 96 valence electrons. The Morgan fingerprint density at radius 3 is 2.29 bits per heavy atom. The molecule has 1 N–H and O–H groups in total. The molecule has 1 aromatic carbocycles. The summed E-state index contributed by atoms with van der Waals surface area (Å²) in [4.78, 5) is 0. The number of likely N-dealkylation sites (N-methyl/N-ethyl adjacent to an activating group) is 1. The molecule has 17 heavy (non-hydrogen) atoms. The maximum absolute atomic E-state index is 6.00. The highest BCUT2D eigenvalue weighted by Gasteiger charge is 2.25. The summed E-state index contributed by atoms with van der Waals surface area (Å²) in [6.45, 7) is 7.41. The van der Waals surface area contributed by atoms with Gasteiger partial charge in [0.2, 0.25) is 0 Å². The summed E-state index contributed by atoms with van der Waals surface area (Å²) in [5, 5.41) is 3.38. The van der Waals surface area contributed by atoms with Crippen LogP contribution >= 0.6 is 0 Å². The van der Waals surface area contributed by atoms with Crippen LogP contribution in [0.5, 0.6) is 0 Å². The zero-order valence-corrected chi connectivity index (χ0v) is 11.4. The normalized spacial score (nSPS) is 14.9. The second-order valence-electron chi connectivity index (χ2n) is 4.76. The molecule has 2 heteroatoms. The van der Waals surface area contributed by atoms with Crippen molar-refractivity contribution in [2.45, 2.75) is 39.3 Å². The van der Waals surface area contributed by atoms with Crippen LogP contribution in [-0.2, 0) is 4.74 Å². The molecule has 0 radical (unpaired) electrons. The SMILES string of the molecule is CCCOC(C(C)C)C(NC)c1ccccc1. The largest absolute Gasteiger partial charge is 0.376 e. The van der Waals surface area contributed by atoms with Crippen molar-refractivity contribution in [3.8, 4) is 0 Å². The molecule has 0 aliphatic carbocycles. The van der Waals surface area contributed by atoms with E-state index in [-0.39, 0.29) is 12.1 Å². The molecule has 2 unspecified atom stereocenters. The van der Waals surface area contributed by atoms with Gasteiger partial charge in [-0.25, -0.2) is 0 Å². The van der Waals surface area contributed by atoms with E-state index < -0.39 is 0 Å².